The Kier molecular flexibility index (Phi) is 5.28. The van der Waals surface area contributed by atoms with Gasteiger partial charge in [-0.25, -0.2) is 0 Å². The van der Waals surface area contributed by atoms with Crippen molar-refractivity contribution >= 4 is 33.6 Å². The fourth-order valence-electron chi connectivity index (χ4n) is 1.87. The van der Waals surface area contributed by atoms with Crippen LogP contribution in [0.3, 0.4) is 0 Å². The molecule has 2 aromatic rings. The van der Waals surface area contributed by atoms with Crippen LogP contribution >= 0.6 is 15.9 Å². The molecule has 128 valence electrons. The second-order valence-corrected chi connectivity index (χ2v) is 5.66. The Hall–Kier alpha value is -2.76. The summed E-state index contributed by atoms with van der Waals surface area (Å²) in [6, 6.07) is 1.17. The molecule has 0 aromatic carbocycles. The Morgan fingerprint density at radius 2 is 1.88 bits per heavy atom. The van der Waals surface area contributed by atoms with E-state index in [4.69, 9.17) is 0 Å². The summed E-state index contributed by atoms with van der Waals surface area (Å²) >= 11 is 3.36. The molecule has 0 spiro atoms. The topological polar surface area (TPSA) is 137 Å². The van der Waals surface area contributed by atoms with Crippen molar-refractivity contribution in [3.63, 3.8) is 0 Å². The van der Waals surface area contributed by atoms with Gasteiger partial charge in [0.2, 0.25) is 0 Å². The summed E-state index contributed by atoms with van der Waals surface area (Å²) in [6.45, 7) is 3.28. The summed E-state index contributed by atoms with van der Waals surface area (Å²) in [4.78, 5) is 33.3. The van der Waals surface area contributed by atoms with Crippen molar-refractivity contribution in [1.29, 1.82) is 0 Å². The monoisotopic (exact) mass is 399 g/mol. The second kappa shape index (κ2) is 7.21. The molecule has 0 aliphatic heterocycles. The molecule has 0 unspecified atom stereocenters. The maximum atomic E-state index is 11.8. The van der Waals surface area contributed by atoms with Crippen LogP contribution in [-0.2, 0) is 22.7 Å². The van der Waals surface area contributed by atoms with Gasteiger partial charge in [-0.1, -0.05) is 0 Å². The Labute approximate surface area is 144 Å². The van der Waals surface area contributed by atoms with Gasteiger partial charge in [0, 0.05) is 0 Å². The van der Waals surface area contributed by atoms with Gasteiger partial charge in [0.05, 0.1) is 33.2 Å². The zero-order valence-corrected chi connectivity index (χ0v) is 14.4. The minimum absolute atomic E-state index is 0.0637. The van der Waals surface area contributed by atoms with Crippen molar-refractivity contribution in [1.82, 2.24) is 30.4 Å². The van der Waals surface area contributed by atoms with Crippen LogP contribution in [0.15, 0.2) is 16.7 Å². The number of aromatic nitrogens is 4. The van der Waals surface area contributed by atoms with Gasteiger partial charge in [-0.2, -0.15) is 9.78 Å². The quantitative estimate of drug-likeness (QED) is 0.544. The summed E-state index contributed by atoms with van der Waals surface area (Å²) in [5, 5.41) is 18.3. The van der Waals surface area contributed by atoms with Crippen LogP contribution in [0, 0.1) is 24.0 Å². The standard InChI is InChI=1S/C12H14BrN7O4/c1-7-12(13)8(2)19(16-7)6-11(22)15-14-10(21)5-18-4-3-9(17-18)20(23)24/h3-4H,5-6H2,1-2H3,(H,14,21)(H,15,22). The lowest BCUT2D eigenvalue weighted by Gasteiger charge is -2.07. The molecule has 0 radical (unpaired) electrons. The van der Waals surface area contributed by atoms with Crippen LogP contribution in [0.4, 0.5) is 5.82 Å². The van der Waals surface area contributed by atoms with E-state index in [9.17, 15) is 19.7 Å². The molecule has 0 saturated carbocycles. The number of hydrogen-bond acceptors (Lipinski definition) is 6. The lowest BCUT2D eigenvalue weighted by atomic mass is 10.4. The van der Waals surface area contributed by atoms with Gasteiger partial charge in [0.25, 0.3) is 11.8 Å². The highest BCUT2D eigenvalue weighted by molar-refractivity contribution is 9.10. The molecule has 0 fully saturated rings. The highest BCUT2D eigenvalue weighted by Gasteiger charge is 2.15. The largest absolute Gasteiger partial charge is 0.389 e. The molecule has 2 aromatic heterocycles. The first kappa shape index (κ1) is 17.6. The van der Waals surface area contributed by atoms with Crippen LogP contribution in [0.5, 0.6) is 0 Å². The minimum Gasteiger partial charge on any atom is -0.358 e. The van der Waals surface area contributed by atoms with Gasteiger partial charge < -0.3 is 10.1 Å². The Bertz CT molecular complexity index is 797. The SMILES string of the molecule is Cc1nn(CC(=O)NNC(=O)Cn2ccc([N+](=O)[O-])n2)c(C)c1Br. The Morgan fingerprint density at radius 3 is 2.38 bits per heavy atom. The van der Waals surface area contributed by atoms with Crippen LogP contribution in [0.1, 0.15) is 11.4 Å². The van der Waals surface area contributed by atoms with Crippen molar-refractivity contribution in [3.05, 3.63) is 38.2 Å². The number of amides is 2. The van der Waals surface area contributed by atoms with Gasteiger partial charge in [-0.05, 0) is 34.7 Å². The van der Waals surface area contributed by atoms with Crippen molar-refractivity contribution in [2.45, 2.75) is 26.9 Å². The highest BCUT2D eigenvalue weighted by atomic mass is 79.9. The fourth-order valence-corrected chi connectivity index (χ4v) is 2.15. The molecule has 0 bridgehead atoms. The maximum absolute atomic E-state index is 11.8. The number of rotatable bonds is 5. The number of hydrogen-bond donors (Lipinski definition) is 2. The van der Waals surface area contributed by atoms with Gasteiger partial charge >= 0.3 is 5.82 Å². The smallest absolute Gasteiger partial charge is 0.358 e. The van der Waals surface area contributed by atoms with Crippen molar-refractivity contribution in [2.24, 2.45) is 0 Å². The fraction of sp³-hybridized carbons (Fsp3) is 0.333. The van der Waals surface area contributed by atoms with E-state index >= 15 is 0 Å². The number of nitrogens with one attached hydrogen (secondary N) is 2. The highest BCUT2D eigenvalue weighted by Crippen LogP contribution is 2.19. The number of nitro groups is 1. The molecular weight excluding hydrogens is 386 g/mol. The lowest BCUT2D eigenvalue weighted by Crippen LogP contribution is -2.44. The van der Waals surface area contributed by atoms with E-state index in [1.807, 2.05) is 0 Å². The lowest BCUT2D eigenvalue weighted by molar-refractivity contribution is -0.389. The van der Waals surface area contributed by atoms with E-state index in [2.05, 4.69) is 37.0 Å². The molecule has 2 amide bonds. The maximum Gasteiger partial charge on any atom is 0.389 e. The summed E-state index contributed by atoms with van der Waals surface area (Å²) in [6.07, 6.45) is 1.30. The molecule has 0 atom stereocenters. The molecule has 11 nitrogen and oxygen atoms in total. The Morgan fingerprint density at radius 1 is 1.25 bits per heavy atom. The minimum atomic E-state index is -0.664. The van der Waals surface area contributed by atoms with E-state index in [0.29, 0.717) is 0 Å². The number of nitrogens with zero attached hydrogens (tertiary/aromatic N) is 5. The average Bonchev–Trinajstić information content (AvgIpc) is 3.07. The number of aryl methyl sites for hydroxylation is 1. The summed E-state index contributed by atoms with van der Waals surface area (Å²) < 4.78 is 3.41. The molecule has 2 rings (SSSR count). The van der Waals surface area contributed by atoms with E-state index in [0.717, 1.165) is 20.5 Å². The van der Waals surface area contributed by atoms with Crippen molar-refractivity contribution in [2.75, 3.05) is 0 Å². The number of carbonyl (C=O) groups excluding carboxylic acids is 2. The van der Waals surface area contributed by atoms with Crippen molar-refractivity contribution in [3.8, 4) is 0 Å². The predicted molar refractivity (Wildman–Crippen MR) is 84.6 cm³/mol. The third-order valence-electron chi connectivity index (χ3n) is 3.05. The van der Waals surface area contributed by atoms with Crippen LogP contribution in [0.25, 0.3) is 0 Å². The van der Waals surface area contributed by atoms with Crippen LogP contribution in [-0.4, -0.2) is 36.3 Å². The van der Waals surface area contributed by atoms with Crippen LogP contribution < -0.4 is 10.9 Å². The number of carbonyl (C=O) groups is 2. The van der Waals surface area contributed by atoms with Gasteiger partial charge in [-0.3, -0.25) is 25.1 Å². The second-order valence-electron chi connectivity index (χ2n) is 4.87. The van der Waals surface area contributed by atoms with E-state index in [1.54, 1.807) is 13.8 Å². The first-order valence-electron chi connectivity index (χ1n) is 6.73. The van der Waals surface area contributed by atoms with E-state index in [-0.39, 0.29) is 18.9 Å². The van der Waals surface area contributed by atoms with Crippen molar-refractivity contribution < 1.29 is 14.5 Å². The molecule has 24 heavy (non-hydrogen) atoms. The molecule has 0 aliphatic carbocycles. The molecular formula is C12H14BrN7O4. The molecule has 0 saturated heterocycles. The van der Waals surface area contributed by atoms with Gasteiger partial charge in [0.1, 0.15) is 13.1 Å². The summed E-state index contributed by atoms with van der Waals surface area (Å²) in [5.74, 6) is -1.40. The molecule has 2 N–H and O–H groups in total. The van der Waals surface area contributed by atoms with E-state index < -0.39 is 16.7 Å². The third-order valence-corrected chi connectivity index (χ3v) is 4.19. The third kappa shape index (κ3) is 4.16. The first-order valence-corrected chi connectivity index (χ1v) is 7.52. The number of hydrazine groups is 1. The zero-order valence-electron chi connectivity index (χ0n) is 12.8. The van der Waals surface area contributed by atoms with Gasteiger partial charge in [0.15, 0.2) is 0 Å². The normalized spacial score (nSPS) is 10.5. The number of halogens is 1. The van der Waals surface area contributed by atoms with Crippen LogP contribution in [0.2, 0.25) is 0 Å². The predicted octanol–water partition coefficient (Wildman–Crippen LogP) is 0.215. The van der Waals surface area contributed by atoms with Gasteiger partial charge in [-0.15, -0.1) is 0 Å². The summed E-state index contributed by atoms with van der Waals surface area (Å²) in [7, 11) is 0. The molecule has 2 heterocycles. The average molecular weight is 400 g/mol. The zero-order chi connectivity index (χ0) is 17.9. The Balaban J connectivity index is 1.83. The summed E-state index contributed by atoms with van der Waals surface area (Å²) in [5.41, 5.74) is 6.00. The molecule has 0 aliphatic rings. The first-order chi connectivity index (χ1) is 11.3. The molecule has 12 heteroatoms. The van der Waals surface area contributed by atoms with E-state index in [1.165, 1.54) is 16.9 Å².